The van der Waals surface area contributed by atoms with Crippen LogP contribution in [-0.2, 0) is 5.60 Å². The molecule has 0 aliphatic heterocycles. The molecule has 1 heterocycles. The molecule has 1 aromatic heterocycles. The van der Waals surface area contributed by atoms with Crippen LogP contribution in [0.5, 0.6) is 0 Å². The second-order valence-corrected chi connectivity index (χ2v) is 6.49. The van der Waals surface area contributed by atoms with E-state index in [-0.39, 0.29) is 0 Å². The molecule has 1 atom stereocenters. The fourth-order valence-electron chi connectivity index (χ4n) is 2.26. The van der Waals surface area contributed by atoms with Gasteiger partial charge in [0.1, 0.15) is 0 Å². The number of hydrogen-bond acceptors (Lipinski definition) is 2. The lowest BCUT2D eigenvalue weighted by molar-refractivity contribution is 0.0478. The van der Waals surface area contributed by atoms with E-state index in [4.69, 9.17) is 0 Å². The van der Waals surface area contributed by atoms with Gasteiger partial charge in [0.05, 0.1) is 5.60 Å². The molecule has 2 heteroatoms. The topological polar surface area (TPSA) is 20.2 Å². The van der Waals surface area contributed by atoms with Gasteiger partial charge in [-0.15, -0.1) is 11.3 Å². The van der Waals surface area contributed by atoms with Gasteiger partial charge in [-0.3, -0.25) is 0 Å². The molecule has 1 aliphatic carbocycles. The van der Waals surface area contributed by atoms with Crippen LogP contribution in [0.4, 0.5) is 0 Å². The zero-order valence-corrected chi connectivity index (χ0v) is 11.0. The van der Waals surface area contributed by atoms with Gasteiger partial charge < -0.3 is 5.11 Å². The lowest BCUT2D eigenvalue weighted by atomic mass is 9.96. The average molecular weight is 246 g/mol. The largest absolute Gasteiger partial charge is 0.385 e. The maximum atomic E-state index is 10.6. The molecule has 0 radical (unpaired) electrons. The van der Waals surface area contributed by atoms with Gasteiger partial charge in [-0.1, -0.05) is 31.0 Å². The molecule has 1 unspecified atom stereocenters. The molecule has 90 valence electrons. The summed E-state index contributed by atoms with van der Waals surface area (Å²) >= 11 is 1.73. The molecule has 1 aliphatic rings. The molecule has 1 fully saturated rings. The summed E-state index contributed by atoms with van der Waals surface area (Å²) in [5, 5.41) is 11.8. The zero-order valence-electron chi connectivity index (χ0n) is 10.1. The molecular weight excluding hydrogens is 228 g/mol. The van der Waals surface area contributed by atoms with Gasteiger partial charge in [-0.2, -0.15) is 0 Å². The van der Waals surface area contributed by atoms with E-state index in [1.54, 1.807) is 11.3 Å². The van der Waals surface area contributed by atoms with Crippen LogP contribution in [0.3, 0.4) is 0 Å². The summed E-state index contributed by atoms with van der Waals surface area (Å²) in [7, 11) is 0. The van der Waals surface area contributed by atoms with E-state index in [1.807, 2.05) is 6.92 Å². The second kappa shape index (κ2) is 4.11. The SMILES string of the molecule is CC(O)(CCC1CC1)c1cc2ccccc2s1. The van der Waals surface area contributed by atoms with Crippen LogP contribution in [0.15, 0.2) is 30.3 Å². The molecule has 0 saturated heterocycles. The Balaban J connectivity index is 1.84. The maximum Gasteiger partial charge on any atom is 0.0960 e. The molecule has 0 spiro atoms. The van der Waals surface area contributed by atoms with E-state index in [0.29, 0.717) is 0 Å². The van der Waals surface area contributed by atoms with E-state index in [1.165, 1.54) is 29.3 Å². The van der Waals surface area contributed by atoms with E-state index in [9.17, 15) is 5.11 Å². The van der Waals surface area contributed by atoms with Crippen molar-refractivity contribution in [1.29, 1.82) is 0 Å². The summed E-state index contributed by atoms with van der Waals surface area (Å²) < 4.78 is 1.27. The van der Waals surface area contributed by atoms with Gasteiger partial charge >= 0.3 is 0 Å². The Hall–Kier alpha value is -0.860. The molecular formula is C15H18OS. The summed E-state index contributed by atoms with van der Waals surface area (Å²) in [5.74, 6) is 0.885. The van der Waals surface area contributed by atoms with Gasteiger partial charge in [-0.05, 0) is 43.2 Å². The summed E-state index contributed by atoms with van der Waals surface area (Å²) in [6.07, 6.45) is 4.79. The average Bonchev–Trinajstić information content (AvgIpc) is 3.03. The standard InChI is InChI=1S/C15H18OS/c1-15(16,9-8-11-6-7-11)14-10-12-4-2-3-5-13(12)17-14/h2-5,10-11,16H,6-9H2,1H3. The maximum absolute atomic E-state index is 10.6. The minimum atomic E-state index is -0.647. The second-order valence-electron chi connectivity index (χ2n) is 5.40. The van der Waals surface area contributed by atoms with Gasteiger partial charge in [-0.25, -0.2) is 0 Å². The molecule has 1 saturated carbocycles. The third-order valence-corrected chi connectivity index (χ3v) is 5.06. The molecule has 17 heavy (non-hydrogen) atoms. The minimum absolute atomic E-state index is 0.647. The highest BCUT2D eigenvalue weighted by atomic mass is 32.1. The van der Waals surface area contributed by atoms with Crippen molar-refractivity contribution in [2.75, 3.05) is 0 Å². The van der Waals surface area contributed by atoms with Crippen LogP contribution in [-0.4, -0.2) is 5.11 Å². The van der Waals surface area contributed by atoms with Gasteiger partial charge in [0.15, 0.2) is 0 Å². The van der Waals surface area contributed by atoms with Crippen LogP contribution in [0.1, 0.15) is 37.5 Å². The van der Waals surface area contributed by atoms with Crippen molar-refractivity contribution in [2.24, 2.45) is 5.92 Å². The van der Waals surface area contributed by atoms with Crippen LogP contribution in [0.2, 0.25) is 0 Å². The van der Waals surface area contributed by atoms with Crippen molar-refractivity contribution in [3.63, 3.8) is 0 Å². The van der Waals surface area contributed by atoms with E-state index in [0.717, 1.165) is 17.2 Å². The van der Waals surface area contributed by atoms with Crippen LogP contribution < -0.4 is 0 Å². The van der Waals surface area contributed by atoms with Crippen LogP contribution >= 0.6 is 11.3 Å². The number of aliphatic hydroxyl groups is 1. The summed E-state index contributed by atoms with van der Waals surface area (Å²) in [5.41, 5.74) is -0.647. The number of thiophene rings is 1. The van der Waals surface area contributed by atoms with Crippen molar-refractivity contribution >= 4 is 21.4 Å². The van der Waals surface area contributed by atoms with E-state index in [2.05, 4.69) is 30.3 Å². The van der Waals surface area contributed by atoms with Crippen molar-refractivity contribution in [3.05, 3.63) is 35.2 Å². The van der Waals surface area contributed by atoms with Crippen molar-refractivity contribution < 1.29 is 5.11 Å². The predicted octanol–water partition coefficient (Wildman–Crippen LogP) is 4.30. The fourth-order valence-corrected chi connectivity index (χ4v) is 3.40. The Morgan fingerprint density at radius 1 is 1.35 bits per heavy atom. The highest BCUT2D eigenvalue weighted by Crippen LogP contribution is 2.40. The lowest BCUT2D eigenvalue weighted by Gasteiger charge is -2.21. The highest BCUT2D eigenvalue weighted by molar-refractivity contribution is 7.19. The molecule has 0 amide bonds. The fraction of sp³-hybridized carbons (Fsp3) is 0.467. The van der Waals surface area contributed by atoms with Crippen molar-refractivity contribution in [3.8, 4) is 0 Å². The lowest BCUT2D eigenvalue weighted by Crippen LogP contribution is -2.19. The number of benzene rings is 1. The van der Waals surface area contributed by atoms with Crippen LogP contribution in [0, 0.1) is 5.92 Å². The third-order valence-electron chi connectivity index (χ3n) is 3.69. The van der Waals surface area contributed by atoms with Crippen LogP contribution in [0.25, 0.3) is 10.1 Å². The number of hydrogen-bond donors (Lipinski definition) is 1. The Labute approximate surface area is 106 Å². The smallest absolute Gasteiger partial charge is 0.0960 e. The quantitative estimate of drug-likeness (QED) is 0.852. The van der Waals surface area contributed by atoms with Crippen molar-refractivity contribution in [1.82, 2.24) is 0 Å². The highest BCUT2D eigenvalue weighted by Gasteiger charge is 2.29. The molecule has 2 aromatic rings. The Morgan fingerprint density at radius 3 is 2.82 bits per heavy atom. The summed E-state index contributed by atoms with van der Waals surface area (Å²) in [6.45, 7) is 1.96. The van der Waals surface area contributed by atoms with Crippen molar-refractivity contribution in [2.45, 2.75) is 38.2 Å². The Bertz CT molecular complexity index is 489. The predicted molar refractivity (Wildman–Crippen MR) is 73.4 cm³/mol. The minimum Gasteiger partial charge on any atom is -0.385 e. The first-order chi connectivity index (χ1) is 8.15. The Morgan fingerprint density at radius 2 is 2.12 bits per heavy atom. The number of fused-ring (bicyclic) bond motifs is 1. The first-order valence-corrected chi connectivity index (χ1v) is 7.18. The van der Waals surface area contributed by atoms with Gasteiger partial charge in [0, 0.05) is 9.58 Å². The third kappa shape index (κ3) is 2.38. The molecule has 1 N–H and O–H groups in total. The summed E-state index contributed by atoms with van der Waals surface area (Å²) in [4.78, 5) is 1.11. The molecule has 1 nitrogen and oxygen atoms in total. The first kappa shape index (κ1) is 11.2. The zero-order chi connectivity index (χ0) is 11.9. The van der Waals surface area contributed by atoms with Gasteiger partial charge in [0.2, 0.25) is 0 Å². The van der Waals surface area contributed by atoms with E-state index < -0.39 is 5.60 Å². The molecule has 1 aromatic carbocycles. The molecule has 3 rings (SSSR count). The van der Waals surface area contributed by atoms with E-state index >= 15 is 0 Å². The monoisotopic (exact) mass is 246 g/mol. The Kier molecular flexibility index (Phi) is 2.72. The van der Waals surface area contributed by atoms with Gasteiger partial charge in [0.25, 0.3) is 0 Å². The summed E-state index contributed by atoms with van der Waals surface area (Å²) in [6, 6.07) is 10.5. The normalized spacial score (nSPS) is 19.4. The molecule has 0 bridgehead atoms. The first-order valence-electron chi connectivity index (χ1n) is 6.36. The number of rotatable bonds is 4.